The summed E-state index contributed by atoms with van der Waals surface area (Å²) in [6, 6.07) is 0. The number of hydrogen-bond acceptors (Lipinski definition) is 4. The summed E-state index contributed by atoms with van der Waals surface area (Å²) in [5.41, 5.74) is 0.952. The fourth-order valence-corrected chi connectivity index (χ4v) is 2.91. The average Bonchev–Trinajstić information content (AvgIpc) is 2.58. The highest BCUT2D eigenvalue weighted by atomic mass is 32.2. The smallest absolute Gasteiger partial charge is 0.344 e. The van der Waals surface area contributed by atoms with E-state index in [0.717, 1.165) is 43.2 Å². The second kappa shape index (κ2) is 4.26. The van der Waals surface area contributed by atoms with Crippen LogP contribution < -0.4 is 0 Å². The Morgan fingerprint density at radius 2 is 2.47 bits per heavy atom. The maximum absolute atomic E-state index is 11.1. The third-order valence-corrected chi connectivity index (χ3v) is 3.63. The molecule has 0 aliphatic carbocycles. The Morgan fingerprint density at radius 3 is 3.13 bits per heavy atom. The molecule has 0 radical (unpaired) electrons. The highest BCUT2D eigenvalue weighted by Gasteiger charge is 2.33. The van der Waals surface area contributed by atoms with Crippen LogP contribution in [-0.2, 0) is 4.79 Å². The molecule has 0 unspecified atom stereocenters. The van der Waals surface area contributed by atoms with Crippen LogP contribution in [0.3, 0.4) is 0 Å². The van der Waals surface area contributed by atoms with E-state index >= 15 is 0 Å². The predicted octanol–water partition coefficient (Wildman–Crippen LogP) is 1.89. The van der Waals surface area contributed by atoms with E-state index < -0.39 is 5.97 Å². The zero-order valence-electron chi connectivity index (χ0n) is 8.69. The van der Waals surface area contributed by atoms with E-state index in [1.807, 2.05) is 0 Å². The van der Waals surface area contributed by atoms with Gasteiger partial charge >= 0.3 is 5.97 Å². The Balaban J connectivity index is 2.31. The molecule has 0 fully saturated rings. The maximum atomic E-state index is 11.1. The van der Waals surface area contributed by atoms with Gasteiger partial charge in [-0.05, 0) is 24.6 Å². The number of rotatable bonds is 3. The minimum atomic E-state index is -0.819. The highest BCUT2D eigenvalue weighted by Crippen LogP contribution is 2.38. The molecule has 2 heterocycles. The molecule has 4 nitrogen and oxygen atoms in total. The third-order valence-electron chi connectivity index (χ3n) is 2.48. The first-order valence-electron chi connectivity index (χ1n) is 5.20. The number of carboxylic acid groups (broad SMARTS) is 1. The molecule has 0 saturated carbocycles. The lowest BCUT2D eigenvalue weighted by Crippen LogP contribution is -2.29. The quantitative estimate of drug-likeness (QED) is 0.798. The van der Waals surface area contributed by atoms with Crippen LogP contribution in [0.25, 0.3) is 0 Å². The summed E-state index contributed by atoms with van der Waals surface area (Å²) in [6.07, 6.45) is 2.81. The van der Waals surface area contributed by atoms with Crippen molar-refractivity contribution in [3.63, 3.8) is 0 Å². The SMILES string of the molecule is CCCC1=C(C(=O)O)SC2=NCCCN21. The van der Waals surface area contributed by atoms with Gasteiger partial charge in [0.05, 0.1) is 0 Å². The van der Waals surface area contributed by atoms with Crippen LogP contribution in [0.15, 0.2) is 15.6 Å². The van der Waals surface area contributed by atoms with E-state index in [0.29, 0.717) is 4.91 Å². The molecule has 0 saturated heterocycles. The zero-order valence-corrected chi connectivity index (χ0v) is 9.51. The first kappa shape index (κ1) is 10.5. The fourth-order valence-electron chi connectivity index (χ4n) is 1.85. The van der Waals surface area contributed by atoms with Gasteiger partial charge in [-0.3, -0.25) is 4.99 Å². The van der Waals surface area contributed by atoms with E-state index in [-0.39, 0.29) is 0 Å². The highest BCUT2D eigenvalue weighted by molar-refractivity contribution is 8.18. The zero-order chi connectivity index (χ0) is 10.8. The molecule has 0 aromatic carbocycles. The molecule has 0 spiro atoms. The van der Waals surface area contributed by atoms with Crippen LogP contribution in [-0.4, -0.2) is 34.2 Å². The molecule has 2 aliphatic heterocycles. The molecule has 0 amide bonds. The topological polar surface area (TPSA) is 52.9 Å². The summed E-state index contributed by atoms with van der Waals surface area (Å²) in [4.78, 5) is 18.0. The number of carbonyl (C=O) groups is 1. The number of aliphatic imine (C=N–C) groups is 1. The molecule has 2 rings (SSSR count). The molecular weight excluding hydrogens is 212 g/mol. The minimum Gasteiger partial charge on any atom is -0.477 e. The van der Waals surface area contributed by atoms with E-state index in [2.05, 4.69) is 16.8 Å². The van der Waals surface area contributed by atoms with Crippen molar-refractivity contribution in [1.82, 2.24) is 4.90 Å². The first-order chi connectivity index (χ1) is 7.24. The molecule has 0 bridgehead atoms. The number of allylic oxidation sites excluding steroid dienone is 1. The van der Waals surface area contributed by atoms with Gasteiger partial charge in [-0.2, -0.15) is 0 Å². The molecule has 0 aromatic rings. The Labute approximate surface area is 93.1 Å². The lowest BCUT2D eigenvalue weighted by atomic mass is 10.2. The summed E-state index contributed by atoms with van der Waals surface area (Å²) in [5, 5.41) is 9.97. The molecule has 82 valence electrons. The van der Waals surface area contributed by atoms with Crippen LogP contribution in [0, 0.1) is 0 Å². The summed E-state index contributed by atoms with van der Waals surface area (Å²) < 4.78 is 0. The van der Waals surface area contributed by atoms with Gasteiger partial charge in [-0.1, -0.05) is 13.3 Å². The van der Waals surface area contributed by atoms with Gasteiger partial charge in [0, 0.05) is 18.8 Å². The van der Waals surface area contributed by atoms with Crippen molar-refractivity contribution in [3.05, 3.63) is 10.6 Å². The summed E-state index contributed by atoms with van der Waals surface area (Å²) in [5.74, 6) is -0.819. The number of carboxylic acids is 1. The van der Waals surface area contributed by atoms with Crippen molar-refractivity contribution in [3.8, 4) is 0 Å². The summed E-state index contributed by atoms with van der Waals surface area (Å²) >= 11 is 1.31. The van der Waals surface area contributed by atoms with Crippen molar-refractivity contribution in [2.45, 2.75) is 26.2 Å². The number of thioether (sulfide) groups is 1. The van der Waals surface area contributed by atoms with Gasteiger partial charge in [0.25, 0.3) is 0 Å². The van der Waals surface area contributed by atoms with Crippen LogP contribution in [0.2, 0.25) is 0 Å². The molecular formula is C10H14N2O2S. The van der Waals surface area contributed by atoms with Gasteiger partial charge in [0.15, 0.2) is 5.17 Å². The second-order valence-electron chi connectivity index (χ2n) is 3.60. The Hall–Kier alpha value is -0.970. The molecule has 1 N–H and O–H groups in total. The molecule has 2 aliphatic rings. The Morgan fingerprint density at radius 1 is 1.67 bits per heavy atom. The van der Waals surface area contributed by atoms with Gasteiger partial charge in [0.2, 0.25) is 0 Å². The van der Waals surface area contributed by atoms with E-state index in [4.69, 9.17) is 5.11 Å². The van der Waals surface area contributed by atoms with Crippen molar-refractivity contribution in [2.75, 3.05) is 13.1 Å². The van der Waals surface area contributed by atoms with Gasteiger partial charge in [-0.25, -0.2) is 4.79 Å². The number of aliphatic carboxylic acids is 1. The van der Waals surface area contributed by atoms with Crippen LogP contribution in [0.1, 0.15) is 26.2 Å². The Bertz CT molecular complexity index is 349. The van der Waals surface area contributed by atoms with Gasteiger partial charge in [0.1, 0.15) is 4.91 Å². The second-order valence-corrected chi connectivity index (χ2v) is 4.58. The maximum Gasteiger partial charge on any atom is 0.344 e. The first-order valence-corrected chi connectivity index (χ1v) is 6.02. The standard InChI is InChI=1S/C10H14N2O2S/c1-2-4-7-8(9(13)14)15-10-11-5-3-6-12(7)10/h2-6H2,1H3,(H,13,14). The number of amidine groups is 1. The fraction of sp³-hybridized carbons (Fsp3) is 0.600. The van der Waals surface area contributed by atoms with E-state index in [1.54, 1.807) is 0 Å². The number of fused-ring (bicyclic) bond motifs is 1. The molecule has 15 heavy (non-hydrogen) atoms. The average molecular weight is 226 g/mol. The lowest BCUT2D eigenvalue weighted by Gasteiger charge is -2.24. The third kappa shape index (κ3) is 1.88. The summed E-state index contributed by atoms with van der Waals surface area (Å²) in [6.45, 7) is 3.80. The van der Waals surface area contributed by atoms with E-state index in [1.165, 1.54) is 11.8 Å². The van der Waals surface area contributed by atoms with Crippen molar-refractivity contribution in [1.29, 1.82) is 0 Å². The van der Waals surface area contributed by atoms with Crippen molar-refractivity contribution in [2.24, 2.45) is 4.99 Å². The van der Waals surface area contributed by atoms with Crippen LogP contribution in [0.4, 0.5) is 0 Å². The van der Waals surface area contributed by atoms with Gasteiger partial charge < -0.3 is 10.0 Å². The van der Waals surface area contributed by atoms with Crippen molar-refractivity contribution < 1.29 is 9.90 Å². The van der Waals surface area contributed by atoms with Gasteiger partial charge in [-0.15, -0.1) is 0 Å². The number of nitrogens with zero attached hydrogens (tertiary/aromatic N) is 2. The van der Waals surface area contributed by atoms with E-state index in [9.17, 15) is 4.79 Å². The lowest BCUT2D eigenvalue weighted by molar-refractivity contribution is -0.131. The largest absolute Gasteiger partial charge is 0.477 e. The molecule has 0 aromatic heterocycles. The summed E-state index contributed by atoms with van der Waals surface area (Å²) in [7, 11) is 0. The predicted molar refractivity (Wildman–Crippen MR) is 60.8 cm³/mol. The normalized spacial score (nSPS) is 20.3. The number of hydrogen-bond donors (Lipinski definition) is 1. The molecule has 5 heteroatoms. The monoisotopic (exact) mass is 226 g/mol. The Kier molecular flexibility index (Phi) is 3.00. The van der Waals surface area contributed by atoms with Crippen LogP contribution >= 0.6 is 11.8 Å². The minimum absolute atomic E-state index is 0.470. The van der Waals surface area contributed by atoms with Crippen LogP contribution in [0.5, 0.6) is 0 Å². The molecule has 0 atom stereocenters. The van der Waals surface area contributed by atoms with Crippen molar-refractivity contribution >= 4 is 22.9 Å².